The van der Waals surface area contributed by atoms with Crippen molar-refractivity contribution in [3.8, 4) is 0 Å². The van der Waals surface area contributed by atoms with Crippen LogP contribution in [0.1, 0.15) is 48.9 Å². The van der Waals surface area contributed by atoms with Crippen LogP contribution in [0.3, 0.4) is 0 Å². The van der Waals surface area contributed by atoms with Gasteiger partial charge in [-0.3, -0.25) is 0 Å². The van der Waals surface area contributed by atoms with Crippen LogP contribution in [-0.4, -0.2) is 22.5 Å². The van der Waals surface area contributed by atoms with E-state index in [1.54, 1.807) is 18.2 Å². The highest BCUT2D eigenvalue weighted by Gasteiger charge is 2.51. The Balaban J connectivity index is 1.33. The first-order chi connectivity index (χ1) is 12.5. The Kier molecular flexibility index (Phi) is 3.91. The number of benzene rings is 1. The van der Waals surface area contributed by atoms with Crippen LogP contribution in [0.15, 0.2) is 18.2 Å². The van der Waals surface area contributed by atoms with Gasteiger partial charge in [-0.1, -0.05) is 23.2 Å². The van der Waals surface area contributed by atoms with E-state index in [1.165, 1.54) is 38.5 Å². The van der Waals surface area contributed by atoms with Crippen molar-refractivity contribution in [2.45, 2.75) is 38.5 Å². The van der Waals surface area contributed by atoms with Gasteiger partial charge in [-0.15, -0.1) is 0 Å². The van der Waals surface area contributed by atoms with Gasteiger partial charge in [0.2, 0.25) is 0 Å². The first-order valence-corrected chi connectivity index (χ1v) is 10.1. The summed E-state index contributed by atoms with van der Waals surface area (Å²) < 4.78 is 5.77. The summed E-state index contributed by atoms with van der Waals surface area (Å²) in [6.45, 7) is 0.542. The number of rotatable bonds is 3. The Morgan fingerprint density at radius 3 is 2.19 bits per heavy atom. The summed E-state index contributed by atoms with van der Waals surface area (Å²) in [5.74, 6) is 2.25. The molecule has 0 atom stereocenters. The topological polar surface area (TPSA) is 52.1 Å². The minimum atomic E-state index is -0.296. The minimum absolute atomic E-state index is 0.137. The first kappa shape index (κ1) is 16.8. The molecule has 6 heteroatoms. The smallest absolute Gasteiger partial charge is 0.338 e. The summed E-state index contributed by atoms with van der Waals surface area (Å²) in [5, 5.41) is 0.301. The maximum absolute atomic E-state index is 12.6. The van der Waals surface area contributed by atoms with Gasteiger partial charge in [0.1, 0.15) is 0 Å². The molecule has 0 aliphatic heterocycles. The predicted molar refractivity (Wildman–Crippen MR) is 100 cm³/mol. The van der Waals surface area contributed by atoms with E-state index in [0.717, 1.165) is 17.8 Å². The third-order valence-corrected chi connectivity index (χ3v) is 7.12. The number of esters is 1. The molecule has 0 saturated heterocycles. The zero-order valence-electron chi connectivity index (χ0n) is 14.4. The summed E-state index contributed by atoms with van der Waals surface area (Å²) in [7, 11) is 0. The lowest BCUT2D eigenvalue weighted by Gasteiger charge is -2.56. The number of halogens is 2. The van der Waals surface area contributed by atoms with Crippen molar-refractivity contribution in [2.24, 2.45) is 23.2 Å². The van der Waals surface area contributed by atoms with Crippen LogP contribution >= 0.6 is 23.2 Å². The zero-order chi connectivity index (χ0) is 17.9. The molecule has 1 aromatic heterocycles. The molecule has 4 nitrogen and oxygen atoms in total. The number of aromatic nitrogens is 2. The van der Waals surface area contributed by atoms with E-state index in [2.05, 4.69) is 9.97 Å². The molecular weight excluding hydrogens is 371 g/mol. The average molecular weight is 391 g/mol. The molecule has 0 amide bonds. The highest BCUT2D eigenvalue weighted by molar-refractivity contribution is 6.40. The molecule has 0 N–H and O–H groups in total. The van der Waals surface area contributed by atoms with E-state index in [1.807, 2.05) is 0 Å². The number of carbonyl (C=O) groups excluding carboxylic acids is 1. The lowest BCUT2D eigenvalue weighted by molar-refractivity contribution is -0.0848. The molecule has 26 heavy (non-hydrogen) atoms. The molecule has 4 bridgehead atoms. The molecule has 4 aliphatic carbocycles. The number of nitrogens with zero attached hydrogens (tertiary/aromatic N) is 2. The Morgan fingerprint density at radius 1 is 1.00 bits per heavy atom. The Hall–Kier alpha value is -1.39. The van der Waals surface area contributed by atoms with Crippen LogP contribution < -0.4 is 0 Å². The SMILES string of the molecule is O=C(OCC12CC3CC(CC(C3)C1)C2)c1ccc2nc(Cl)c(Cl)nc2c1. The second-order valence-electron chi connectivity index (χ2n) is 8.50. The van der Waals surface area contributed by atoms with Gasteiger partial charge in [0.15, 0.2) is 10.3 Å². The van der Waals surface area contributed by atoms with Gasteiger partial charge in [-0.2, -0.15) is 0 Å². The van der Waals surface area contributed by atoms with Crippen LogP contribution in [0.2, 0.25) is 10.3 Å². The molecular formula is C20H20Cl2N2O2. The molecule has 2 aromatic rings. The summed E-state index contributed by atoms with van der Waals surface area (Å²) in [6.07, 6.45) is 7.84. The van der Waals surface area contributed by atoms with Crippen LogP contribution in [-0.2, 0) is 4.74 Å². The Labute approximate surface area is 162 Å². The van der Waals surface area contributed by atoms with Crippen molar-refractivity contribution >= 4 is 40.2 Å². The van der Waals surface area contributed by atoms with Crippen LogP contribution in [0.25, 0.3) is 11.0 Å². The molecule has 1 aromatic carbocycles. The second kappa shape index (κ2) is 6.07. The largest absolute Gasteiger partial charge is 0.462 e. The third-order valence-electron chi connectivity index (χ3n) is 6.49. The number of hydrogen-bond donors (Lipinski definition) is 0. The minimum Gasteiger partial charge on any atom is -0.462 e. The number of hydrogen-bond acceptors (Lipinski definition) is 4. The summed E-state index contributed by atoms with van der Waals surface area (Å²) in [5.41, 5.74) is 1.85. The number of ether oxygens (including phenoxy) is 1. The molecule has 6 rings (SSSR count). The zero-order valence-corrected chi connectivity index (χ0v) is 15.9. The van der Waals surface area contributed by atoms with Gasteiger partial charge in [-0.25, -0.2) is 14.8 Å². The molecule has 136 valence electrons. The fraction of sp³-hybridized carbons (Fsp3) is 0.550. The maximum Gasteiger partial charge on any atom is 0.338 e. The fourth-order valence-electron chi connectivity index (χ4n) is 5.91. The van der Waals surface area contributed by atoms with Gasteiger partial charge >= 0.3 is 5.97 Å². The standard InChI is InChI=1S/C20H20Cl2N2O2/c21-17-18(22)24-16-6-14(1-2-15(16)23-17)19(25)26-10-20-7-11-3-12(8-20)5-13(4-11)9-20/h1-2,6,11-13H,3-5,7-10H2. The molecule has 4 aliphatic rings. The van der Waals surface area contributed by atoms with Gasteiger partial charge in [0.25, 0.3) is 0 Å². The second-order valence-corrected chi connectivity index (χ2v) is 9.22. The van der Waals surface area contributed by atoms with Crippen molar-refractivity contribution in [1.82, 2.24) is 9.97 Å². The van der Waals surface area contributed by atoms with Crippen molar-refractivity contribution in [3.63, 3.8) is 0 Å². The Bertz CT molecular complexity index is 863. The molecule has 0 spiro atoms. The summed E-state index contributed by atoms with van der Waals surface area (Å²) in [4.78, 5) is 21.0. The molecule has 4 saturated carbocycles. The van der Waals surface area contributed by atoms with Crippen LogP contribution in [0, 0.1) is 23.2 Å². The van der Waals surface area contributed by atoms with E-state index >= 15 is 0 Å². The van der Waals surface area contributed by atoms with Crippen LogP contribution in [0.4, 0.5) is 0 Å². The lowest BCUT2D eigenvalue weighted by atomic mass is 9.50. The normalized spacial score (nSPS) is 32.2. The number of fused-ring (bicyclic) bond motifs is 1. The highest BCUT2D eigenvalue weighted by atomic mass is 35.5. The van der Waals surface area contributed by atoms with Gasteiger partial charge < -0.3 is 4.74 Å². The van der Waals surface area contributed by atoms with Gasteiger partial charge in [-0.05, 0) is 74.5 Å². The first-order valence-electron chi connectivity index (χ1n) is 9.30. The third kappa shape index (κ3) is 2.87. The van der Waals surface area contributed by atoms with Crippen molar-refractivity contribution in [3.05, 3.63) is 34.1 Å². The molecule has 0 radical (unpaired) electrons. The average Bonchev–Trinajstić information content (AvgIpc) is 2.59. The van der Waals surface area contributed by atoms with Crippen molar-refractivity contribution in [2.75, 3.05) is 6.61 Å². The highest BCUT2D eigenvalue weighted by Crippen LogP contribution is 2.60. The quantitative estimate of drug-likeness (QED) is 0.666. The monoisotopic (exact) mass is 390 g/mol. The van der Waals surface area contributed by atoms with E-state index in [4.69, 9.17) is 27.9 Å². The Morgan fingerprint density at radius 2 is 1.58 bits per heavy atom. The summed E-state index contributed by atoms with van der Waals surface area (Å²) in [6, 6.07) is 5.11. The van der Waals surface area contributed by atoms with E-state index < -0.39 is 0 Å². The van der Waals surface area contributed by atoms with E-state index in [9.17, 15) is 4.79 Å². The van der Waals surface area contributed by atoms with E-state index in [0.29, 0.717) is 23.2 Å². The fourth-order valence-corrected chi connectivity index (χ4v) is 6.17. The predicted octanol–water partition coefficient (Wildman–Crippen LogP) is 5.31. The summed E-state index contributed by atoms with van der Waals surface area (Å²) >= 11 is 11.8. The molecule has 0 unspecified atom stereocenters. The number of carbonyl (C=O) groups is 1. The lowest BCUT2D eigenvalue weighted by Crippen LogP contribution is -2.48. The van der Waals surface area contributed by atoms with Gasteiger partial charge in [0, 0.05) is 5.41 Å². The van der Waals surface area contributed by atoms with Crippen molar-refractivity contribution in [1.29, 1.82) is 0 Å². The maximum atomic E-state index is 12.6. The van der Waals surface area contributed by atoms with Crippen molar-refractivity contribution < 1.29 is 9.53 Å². The van der Waals surface area contributed by atoms with Gasteiger partial charge in [0.05, 0.1) is 23.2 Å². The molecule has 1 heterocycles. The van der Waals surface area contributed by atoms with E-state index in [-0.39, 0.29) is 21.7 Å². The molecule has 4 fully saturated rings. The van der Waals surface area contributed by atoms with Crippen LogP contribution in [0.5, 0.6) is 0 Å².